The molecule has 0 unspecified atom stereocenters. The molecule has 1 spiro atoms. The van der Waals surface area contributed by atoms with Gasteiger partial charge in [-0.1, -0.05) is 30.3 Å². The van der Waals surface area contributed by atoms with Crippen molar-refractivity contribution in [2.24, 2.45) is 5.73 Å². The molecule has 2 aromatic rings. The van der Waals surface area contributed by atoms with Crippen LogP contribution in [0.5, 0.6) is 5.75 Å². The normalized spacial score (nSPS) is 17.9. The van der Waals surface area contributed by atoms with E-state index in [0.717, 1.165) is 35.6 Å². The third-order valence-electron chi connectivity index (χ3n) is 6.66. The molecule has 0 radical (unpaired) electrons. The molecule has 2 saturated heterocycles. The Morgan fingerprint density at radius 3 is 2.36 bits per heavy atom. The zero-order valence-electron chi connectivity index (χ0n) is 19.5. The van der Waals surface area contributed by atoms with E-state index >= 15 is 0 Å². The number of benzene rings is 2. The van der Waals surface area contributed by atoms with Crippen molar-refractivity contribution < 1.29 is 32.3 Å². The molecule has 0 saturated carbocycles. The molecule has 0 aromatic heterocycles. The van der Waals surface area contributed by atoms with Crippen LogP contribution in [-0.2, 0) is 17.8 Å². The summed E-state index contributed by atoms with van der Waals surface area (Å²) in [6, 6.07) is 11.8. The number of alkyl halides is 3. The van der Waals surface area contributed by atoms with Gasteiger partial charge in [-0.15, -0.1) is 13.2 Å². The van der Waals surface area contributed by atoms with Crippen LogP contribution in [0.15, 0.2) is 48.5 Å². The maximum Gasteiger partial charge on any atom is 0.573 e. The second-order valence-corrected chi connectivity index (χ2v) is 9.06. The van der Waals surface area contributed by atoms with Gasteiger partial charge in [-0.3, -0.25) is 14.5 Å². The number of imide groups is 1. The minimum Gasteiger partial charge on any atom is -0.406 e. The van der Waals surface area contributed by atoms with Crippen LogP contribution in [0.2, 0.25) is 0 Å². The number of urea groups is 1. The summed E-state index contributed by atoms with van der Waals surface area (Å²) in [5.41, 5.74) is 6.42. The van der Waals surface area contributed by atoms with Gasteiger partial charge in [0.2, 0.25) is 5.91 Å². The molecule has 2 aromatic carbocycles. The Morgan fingerprint density at radius 2 is 1.72 bits per heavy atom. The Balaban J connectivity index is 1.29. The number of rotatable bonds is 8. The highest BCUT2D eigenvalue weighted by atomic mass is 19.4. The molecule has 2 aliphatic heterocycles. The van der Waals surface area contributed by atoms with Crippen molar-refractivity contribution in [3.05, 3.63) is 65.2 Å². The van der Waals surface area contributed by atoms with Gasteiger partial charge < -0.3 is 20.7 Å². The van der Waals surface area contributed by atoms with Crippen LogP contribution in [0.25, 0.3) is 0 Å². The van der Waals surface area contributed by atoms with E-state index in [2.05, 4.69) is 15.0 Å². The van der Waals surface area contributed by atoms with Gasteiger partial charge in [0.05, 0.1) is 6.54 Å². The first-order valence-corrected chi connectivity index (χ1v) is 11.7. The van der Waals surface area contributed by atoms with E-state index in [1.807, 2.05) is 12.1 Å². The number of carbonyl (C=O) groups is 3. The first-order chi connectivity index (χ1) is 17.1. The van der Waals surface area contributed by atoms with Gasteiger partial charge in [-0.2, -0.15) is 0 Å². The highest BCUT2D eigenvalue weighted by molar-refractivity contribution is 6.07. The molecule has 2 aliphatic rings. The van der Waals surface area contributed by atoms with E-state index in [1.54, 1.807) is 12.1 Å². The van der Waals surface area contributed by atoms with Gasteiger partial charge >= 0.3 is 12.4 Å². The molecule has 0 atom stereocenters. The summed E-state index contributed by atoms with van der Waals surface area (Å²) < 4.78 is 40.9. The number of nitrogens with zero attached hydrogens (tertiary/aromatic N) is 2. The number of carbonyl (C=O) groups excluding carboxylic acids is 3. The van der Waals surface area contributed by atoms with Crippen LogP contribution in [0.4, 0.5) is 18.0 Å². The fourth-order valence-electron chi connectivity index (χ4n) is 4.77. The fraction of sp³-hybridized carbons (Fsp3) is 0.400. The molecule has 2 fully saturated rings. The van der Waals surface area contributed by atoms with Crippen molar-refractivity contribution in [3.8, 4) is 5.75 Å². The summed E-state index contributed by atoms with van der Waals surface area (Å²) in [6.45, 7) is 1.99. The number of aryl methyl sites for hydroxylation is 1. The number of nitrogens with two attached hydrogens (primary N) is 1. The molecule has 11 heteroatoms. The SMILES string of the molecule is NC(=O)c1ccccc1CCCN1CCC2(CC1)NC(=O)N(Cc1ccc(OC(F)(F)F)cc1)C2=O. The van der Waals surface area contributed by atoms with E-state index in [1.165, 1.54) is 12.1 Å². The molecule has 4 rings (SSSR count). The summed E-state index contributed by atoms with van der Waals surface area (Å²) in [6.07, 6.45) is -2.34. The first kappa shape index (κ1) is 25.5. The molecular weight excluding hydrogens is 477 g/mol. The Bertz CT molecular complexity index is 1130. The highest BCUT2D eigenvalue weighted by Crippen LogP contribution is 2.31. The van der Waals surface area contributed by atoms with Crippen molar-refractivity contribution in [1.82, 2.24) is 15.1 Å². The second kappa shape index (κ2) is 10.2. The maximum atomic E-state index is 13.2. The van der Waals surface area contributed by atoms with Crippen LogP contribution >= 0.6 is 0 Å². The van der Waals surface area contributed by atoms with Gasteiger partial charge in [0.1, 0.15) is 11.3 Å². The molecule has 192 valence electrons. The number of primary amides is 1. The summed E-state index contributed by atoms with van der Waals surface area (Å²) in [4.78, 5) is 40.7. The number of piperidine rings is 1. The number of amides is 4. The summed E-state index contributed by atoms with van der Waals surface area (Å²) in [5.74, 6) is -1.14. The molecule has 3 N–H and O–H groups in total. The van der Waals surface area contributed by atoms with Crippen molar-refractivity contribution in [2.75, 3.05) is 19.6 Å². The van der Waals surface area contributed by atoms with Crippen molar-refractivity contribution >= 4 is 17.8 Å². The molecule has 8 nitrogen and oxygen atoms in total. The Labute approximate surface area is 206 Å². The quantitative estimate of drug-likeness (QED) is 0.538. The standard InChI is InChI=1S/C25H27F3N4O4/c26-25(27,28)36-19-9-7-17(8-10-19)16-32-22(34)24(30-23(32)35)11-14-31(15-12-24)13-3-5-18-4-1-2-6-20(18)21(29)33/h1-2,4,6-10H,3,5,11-16H2,(H2,29,33)(H,30,35). The Morgan fingerprint density at radius 1 is 1.06 bits per heavy atom. The summed E-state index contributed by atoms with van der Waals surface area (Å²) in [7, 11) is 0. The zero-order chi connectivity index (χ0) is 25.9. The predicted molar refractivity (Wildman–Crippen MR) is 124 cm³/mol. The monoisotopic (exact) mass is 504 g/mol. The van der Waals surface area contributed by atoms with Gasteiger partial charge in [-0.05, 0) is 61.6 Å². The van der Waals surface area contributed by atoms with E-state index in [9.17, 15) is 27.6 Å². The first-order valence-electron chi connectivity index (χ1n) is 11.7. The number of halogens is 3. The van der Waals surface area contributed by atoms with E-state index in [-0.39, 0.29) is 18.2 Å². The summed E-state index contributed by atoms with van der Waals surface area (Å²) >= 11 is 0. The Kier molecular flexibility index (Phi) is 7.21. The number of nitrogens with one attached hydrogen (secondary N) is 1. The zero-order valence-corrected chi connectivity index (χ0v) is 19.5. The van der Waals surface area contributed by atoms with Crippen LogP contribution in [-0.4, -0.2) is 59.2 Å². The van der Waals surface area contributed by atoms with Crippen LogP contribution < -0.4 is 15.8 Å². The lowest BCUT2D eigenvalue weighted by Crippen LogP contribution is -2.55. The summed E-state index contributed by atoms with van der Waals surface area (Å²) in [5, 5.41) is 2.84. The van der Waals surface area contributed by atoms with Crippen molar-refractivity contribution in [3.63, 3.8) is 0 Å². The molecule has 36 heavy (non-hydrogen) atoms. The van der Waals surface area contributed by atoms with E-state index in [0.29, 0.717) is 43.5 Å². The third-order valence-corrected chi connectivity index (χ3v) is 6.66. The number of hydrogen-bond donors (Lipinski definition) is 2. The third kappa shape index (κ3) is 5.78. The van der Waals surface area contributed by atoms with Crippen LogP contribution in [0.1, 0.15) is 40.7 Å². The smallest absolute Gasteiger partial charge is 0.406 e. The molecule has 2 heterocycles. The number of likely N-dealkylation sites (tertiary alicyclic amines) is 1. The lowest BCUT2D eigenvalue weighted by molar-refractivity contribution is -0.274. The van der Waals surface area contributed by atoms with Crippen LogP contribution in [0.3, 0.4) is 0 Å². The number of hydrogen-bond acceptors (Lipinski definition) is 5. The molecule has 0 aliphatic carbocycles. The molecular formula is C25H27F3N4O4. The maximum absolute atomic E-state index is 13.2. The van der Waals surface area contributed by atoms with E-state index < -0.39 is 23.8 Å². The number of ether oxygens (including phenoxy) is 1. The highest BCUT2D eigenvalue weighted by Gasteiger charge is 2.52. The van der Waals surface area contributed by atoms with Crippen molar-refractivity contribution in [2.45, 2.75) is 44.1 Å². The van der Waals surface area contributed by atoms with E-state index in [4.69, 9.17) is 5.73 Å². The average Bonchev–Trinajstić information content (AvgIpc) is 3.05. The minimum atomic E-state index is -4.79. The topological polar surface area (TPSA) is 105 Å². The molecule has 4 amide bonds. The lowest BCUT2D eigenvalue weighted by atomic mass is 9.87. The van der Waals surface area contributed by atoms with Gasteiger partial charge in [0.15, 0.2) is 0 Å². The second-order valence-electron chi connectivity index (χ2n) is 9.06. The van der Waals surface area contributed by atoms with Gasteiger partial charge in [0.25, 0.3) is 5.91 Å². The average molecular weight is 505 g/mol. The Hall–Kier alpha value is -3.60. The van der Waals surface area contributed by atoms with Crippen molar-refractivity contribution in [1.29, 1.82) is 0 Å². The fourth-order valence-corrected chi connectivity index (χ4v) is 4.77. The van der Waals surface area contributed by atoms with Gasteiger partial charge in [0, 0.05) is 18.7 Å². The molecule has 0 bridgehead atoms. The van der Waals surface area contributed by atoms with Gasteiger partial charge in [-0.25, -0.2) is 4.79 Å². The minimum absolute atomic E-state index is 0.0400. The lowest BCUT2D eigenvalue weighted by Gasteiger charge is -2.37. The largest absolute Gasteiger partial charge is 0.573 e. The van der Waals surface area contributed by atoms with Crippen LogP contribution in [0, 0.1) is 0 Å². The predicted octanol–water partition coefficient (Wildman–Crippen LogP) is 3.20.